The second-order valence-electron chi connectivity index (χ2n) is 10.0. The molecule has 2 aromatic rings. The molecule has 2 aliphatic carbocycles. The zero-order valence-electron chi connectivity index (χ0n) is 19.2. The number of aromatic nitrogens is 1. The minimum atomic E-state index is -0.627. The monoisotopic (exact) mass is 467 g/mol. The number of aryl methyl sites for hydroxylation is 1. The van der Waals surface area contributed by atoms with E-state index in [2.05, 4.69) is 9.88 Å². The fraction of sp³-hybridized carbons (Fsp3) is 0.615. The lowest BCUT2D eigenvalue weighted by molar-refractivity contribution is -0.127. The summed E-state index contributed by atoms with van der Waals surface area (Å²) in [5.41, 5.74) is 2.95. The van der Waals surface area contributed by atoms with Gasteiger partial charge in [0.2, 0.25) is 5.91 Å². The number of hydrogen-bond donors (Lipinski definition) is 1. The maximum absolute atomic E-state index is 14.2. The molecule has 2 aromatic heterocycles. The zero-order chi connectivity index (χ0) is 22.4. The van der Waals surface area contributed by atoms with E-state index in [0.717, 1.165) is 80.7 Å². The normalized spacial score (nSPS) is 25.3. The highest BCUT2D eigenvalue weighted by atomic mass is 32.1. The molecule has 2 aliphatic heterocycles. The zero-order valence-corrected chi connectivity index (χ0v) is 20.0. The number of amides is 2. The van der Waals surface area contributed by atoms with Crippen LogP contribution in [0, 0.1) is 0 Å². The van der Waals surface area contributed by atoms with Gasteiger partial charge >= 0.3 is 0 Å². The first kappa shape index (κ1) is 21.4. The van der Waals surface area contributed by atoms with Crippen LogP contribution in [-0.2, 0) is 22.4 Å². The van der Waals surface area contributed by atoms with Gasteiger partial charge in [0.05, 0.1) is 17.4 Å². The van der Waals surface area contributed by atoms with Gasteiger partial charge in [0.15, 0.2) is 6.04 Å². The Kier molecular flexibility index (Phi) is 5.78. The minimum Gasteiger partial charge on any atom is -0.376 e. The van der Waals surface area contributed by atoms with Crippen LogP contribution in [0.2, 0.25) is 0 Å². The molecule has 1 saturated carbocycles. The second kappa shape index (κ2) is 8.91. The van der Waals surface area contributed by atoms with Crippen LogP contribution in [-0.4, -0.2) is 46.6 Å². The van der Waals surface area contributed by atoms with Gasteiger partial charge in [0, 0.05) is 30.3 Å². The Labute approximate surface area is 199 Å². The van der Waals surface area contributed by atoms with Crippen molar-refractivity contribution in [3.05, 3.63) is 40.0 Å². The van der Waals surface area contributed by atoms with E-state index < -0.39 is 6.04 Å². The van der Waals surface area contributed by atoms with Crippen LogP contribution in [0.3, 0.4) is 0 Å². The molecule has 2 amide bonds. The number of nitrogens with zero attached hydrogens (tertiary/aromatic N) is 2. The molecule has 2 fully saturated rings. The molecule has 176 valence electrons. The smallest absolute Gasteiger partial charge is 0.258 e. The predicted octanol–water partition coefficient (Wildman–Crippen LogP) is 4.54. The average Bonchev–Trinajstić information content (AvgIpc) is 3.57. The van der Waals surface area contributed by atoms with E-state index in [1.54, 1.807) is 11.3 Å². The highest BCUT2D eigenvalue weighted by Crippen LogP contribution is 2.42. The molecule has 2 unspecified atom stereocenters. The lowest BCUT2D eigenvalue weighted by Gasteiger charge is -2.33. The molecule has 0 radical (unpaired) electrons. The molecular weight excluding hydrogens is 434 g/mol. The van der Waals surface area contributed by atoms with Crippen molar-refractivity contribution in [2.45, 2.75) is 88.8 Å². The SMILES string of the molecule is O=C(NC1CCCCC1)C1c2cccn2-c2sc3c(c2C(=O)N1CC1CCCO1)CCCC3. The van der Waals surface area contributed by atoms with Crippen molar-refractivity contribution < 1.29 is 14.3 Å². The Morgan fingerprint density at radius 1 is 1.09 bits per heavy atom. The fourth-order valence-corrected chi connectivity index (χ4v) is 7.55. The van der Waals surface area contributed by atoms with Crippen LogP contribution in [0.25, 0.3) is 5.00 Å². The number of ether oxygens (including phenoxy) is 1. The third kappa shape index (κ3) is 3.83. The first-order valence-electron chi connectivity index (χ1n) is 12.8. The predicted molar refractivity (Wildman–Crippen MR) is 128 cm³/mol. The van der Waals surface area contributed by atoms with Crippen molar-refractivity contribution in [1.82, 2.24) is 14.8 Å². The molecule has 0 aromatic carbocycles. The van der Waals surface area contributed by atoms with Gasteiger partial charge in [-0.15, -0.1) is 11.3 Å². The fourth-order valence-electron chi connectivity index (χ4n) is 6.16. The molecule has 1 N–H and O–H groups in total. The molecule has 33 heavy (non-hydrogen) atoms. The first-order chi connectivity index (χ1) is 16.2. The number of nitrogens with one attached hydrogen (secondary N) is 1. The third-order valence-corrected chi connectivity index (χ3v) is 9.13. The molecule has 4 aliphatic rings. The lowest BCUT2D eigenvalue weighted by Crippen LogP contribution is -2.49. The molecule has 6 rings (SSSR count). The van der Waals surface area contributed by atoms with Gasteiger partial charge < -0.3 is 19.5 Å². The maximum atomic E-state index is 14.2. The van der Waals surface area contributed by atoms with E-state index in [0.29, 0.717) is 6.54 Å². The van der Waals surface area contributed by atoms with Gasteiger partial charge in [-0.1, -0.05) is 19.3 Å². The summed E-state index contributed by atoms with van der Waals surface area (Å²) in [5, 5.41) is 4.32. The Morgan fingerprint density at radius 3 is 2.76 bits per heavy atom. The van der Waals surface area contributed by atoms with Crippen molar-refractivity contribution in [3.63, 3.8) is 0 Å². The summed E-state index contributed by atoms with van der Waals surface area (Å²) < 4.78 is 8.07. The molecule has 2 atom stereocenters. The maximum Gasteiger partial charge on any atom is 0.258 e. The second-order valence-corrected chi connectivity index (χ2v) is 11.1. The Morgan fingerprint density at radius 2 is 1.94 bits per heavy atom. The highest BCUT2D eigenvalue weighted by molar-refractivity contribution is 7.15. The van der Waals surface area contributed by atoms with E-state index in [4.69, 9.17) is 4.74 Å². The van der Waals surface area contributed by atoms with Crippen molar-refractivity contribution in [3.8, 4) is 5.00 Å². The molecular formula is C26H33N3O3S. The minimum absolute atomic E-state index is 0.00152. The van der Waals surface area contributed by atoms with Crippen LogP contribution < -0.4 is 5.32 Å². The molecule has 6 nitrogen and oxygen atoms in total. The number of hydrogen-bond acceptors (Lipinski definition) is 4. The van der Waals surface area contributed by atoms with E-state index in [-0.39, 0.29) is 24.0 Å². The van der Waals surface area contributed by atoms with Crippen LogP contribution in [0.1, 0.15) is 90.3 Å². The quantitative estimate of drug-likeness (QED) is 0.718. The molecule has 0 spiro atoms. The van der Waals surface area contributed by atoms with Gasteiger partial charge in [-0.3, -0.25) is 9.59 Å². The number of thiophene rings is 1. The van der Waals surface area contributed by atoms with Crippen molar-refractivity contribution in [2.24, 2.45) is 0 Å². The summed E-state index contributed by atoms with van der Waals surface area (Å²) in [4.78, 5) is 31.2. The summed E-state index contributed by atoms with van der Waals surface area (Å²) in [6.45, 7) is 1.21. The van der Waals surface area contributed by atoms with Crippen LogP contribution >= 0.6 is 11.3 Å². The number of carbonyl (C=O) groups excluding carboxylic acids is 2. The molecule has 4 heterocycles. The summed E-state index contributed by atoms with van der Waals surface area (Å²) in [5.74, 6) is -0.0374. The third-order valence-electron chi connectivity index (χ3n) is 7.84. The summed E-state index contributed by atoms with van der Waals surface area (Å²) in [6.07, 6.45) is 13.9. The standard InChI is InChI=1S/C26H33N3O3S/c30-24(27-17-8-2-1-3-9-17)23-20-12-6-14-28(20)26-22(19-11-4-5-13-21(19)33-26)25(31)29(23)16-18-10-7-15-32-18/h6,12,14,17-18,23H,1-5,7-11,13,15-16H2,(H,27,30). The van der Waals surface area contributed by atoms with E-state index >= 15 is 0 Å². The van der Waals surface area contributed by atoms with Gasteiger partial charge in [-0.05, 0) is 69.1 Å². The first-order valence-corrected chi connectivity index (χ1v) is 13.6. The van der Waals surface area contributed by atoms with Crippen molar-refractivity contribution in [2.75, 3.05) is 13.2 Å². The van der Waals surface area contributed by atoms with Gasteiger partial charge in [-0.2, -0.15) is 0 Å². The van der Waals surface area contributed by atoms with Crippen LogP contribution in [0.4, 0.5) is 0 Å². The van der Waals surface area contributed by atoms with E-state index in [9.17, 15) is 9.59 Å². The Hall–Kier alpha value is -2.12. The van der Waals surface area contributed by atoms with Gasteiger partial charge in [-0.25, -0.2) is 0 Å². The van der Waals surface area contributed by atoms with E-state index in [1.807, 2.05) is 23.2 Å². The topological polar surface area (TPSA) is 63.6 Å². The molecule has 1 saturated heterocycles. The lowest BCUT2D eigenvalue weighted by atomic mass is 9.94. The van der Waals surface area contributed by atoms with Crippen molar-refractivity contribution in [1.29, 1.82) is 0 Å². The summed E-state index contributed by atoms with van der Waals surface area (Å²) in [7, 11) is 0. The summed E-state index contributed by atoms with van der Waals surface area (Å²) >= 11 is 1.75. The van der Waals surface area contributed by atoms with E-state index in [1.165, 1.54) is 23.3 Å². The summed E-state index contributed by atoms with van der Waals surface area (Å²) in [6, 6.07) is 3.62. The molecule has 0 bridgehead atoms. The Bertz CT molecular complexity index is 1050. The number of carbonyl (C=O) groups is 2. The Balaban J connectivity index is 1.43. The average molecular weight is 468 g/mol. The largest absolute Gasteiger partial charge is 0.376 e. The van der Waals surface area contributed by atoms with Crippen LogP contribution in [0.15, 0.2) is 18.3 Å². The molecule has 7 heteroatoms. The highest BCUT2D eigenvalue weighted by Gasteiger charge is 2.42. The van der Waals surface area contributed by atoms with Gasteiger partial charge in [0.25, 0.3) is 5.91 Å². The number of rotatable bonds is 4. The van der Waals surface area contributed by atoms with Gasteiger partial charge in [0.1, 0.15) is 5.00 Å². The van der Waals surface area contributed by atoms with Crippen molar-refractivity contribution >= 4 is 23.2 Å². The van der Waals surface area contributed by atoms with Crippen LogP contribution in [0.5, 0.6) is 0 Å². The number of fused-ring (bicyclic) bond motifs is 5.